The largest absolute Gasteiger partial charge is 0.383 e. The molecule has 0 saturated carbocycles. The lowest BCUT2D eigenvalue weighted by Gasteiger charge is -2.24. The highest BCUT2D eigenvalue weighted by atomic mass is 16.2. The molecular weight excluding hydrogens is 394 g/mol. The van der Waals surface area contributed by atoms with E-state index in [0.29, 0.717) is 13.1 Å². The standard InChI is InChI=1S/C23H31N5O3/c1-2-27(16-19(29)25-14-13-17-9-5-3-6-10-17)20-21(24)28(23(31)26-22(20)30)15-18-11-7-4-8-12-18/h4,7-9,11-12H,2-3,5-6,10,13-16,24H2,1H3,(H,25,29)(H,26,30,31). The number of nitrogens with two attached hydrogens (primary N) is 1. The number of hydrogen-bond acceptors (Lipinski definition) is 5. The van der Waals surface area contributed by atoms with Crippen molar-refractivity contribution in [2.45, 2.75) is 45.6 Å². The van der Waals surface area contributed by atoms with E-state index in [2.05, 4.69) is 16.4 Å². The zero-order valence-electron chi connectivity index (χ0n) is 18.0. The van der Waals surface area contributed by atoms with Gasteiger partial charge in [0.1, 0.15) is 11.5 Å². The average molecular weight is 426 g/mol. The number of nitrogen functional groups attached to an aromatic ring is 1. The van der Waals surface area contributed by atoms with E-state index >= 15 is 0 Å². The summed E-state index contributed by atoms with van der Waals surface area (Å²) in [5, 5.41) is 2.93. The molecule has 31 heavy (non-hydrogen) atoms. The number of benzene rings is 1. The maximum atomic E-state index is 12.5. The molecule has 0 saturated heterocycles. The van der Waals surface area contributed by atoms with E-state index in [0.717, 1.165) is 24.8 Å². The lowest BCUT2D eigenvalue weighted by atomic mass is 9.97. The Morgan fingerprint density at radius 3 is 2.68 bits per heavy atom. The normalized spacial score (nSPS) is 13.5. The molecular formula is C23H31N5O3. The van der Waals surface area contributed by atoms with Crippen molar-refractivity contribution in [1.29, 1.82) is 0 Å². The van der Waals surface area contributed by atoms with Crippen molar-refractivity contribution in [1.82, 2.24) is 14.9 Å². The van der Waals surface area contributed by atoms with E-state index in [4.69, 9.17) is 5.73 Å². The van der Waals surface area contributed by atoms with E-state index < -0.39 is 11.2 Å². The highest BCUT2D eigenvalue weighted by molar-refractivity contribution is 5.82. The summed E-state index contributed by atoms with van der Waals surface area (Å²) in [6.45, 7) is 3.03. The van der Waals surface area contributed by atoms with Crippen molar-refractivity contribution in [3.8, 4) is 0 Å². The fourth-order valence-electron chi connectivity index (χ4n) is 3.88. The summed E-state index contributed by atoms with van der Waals surface area (Å²) < 4.78 is 1.32. The second-order valence-corrected chi connectivity index (χ2v) is 7.79. The molecule has 8 nitrogen and oxygen atoms in total. The number of aromatic amines is 1. The van der Waals surface area contributed by atoms with Crippen molar-refractivity contribution in [2.75, 3.05) is 30.3 Å². The molecule has 1 aliphatic carbocycles. The van der Waals surface area contributed by atoms with E-state index in [1.54, 1.807) is 4.90 Å². The minimum absolute atomic E-state index is 0.00757. The van der Waals surface area contributed by atoms with Gasteiger partial charge in [0.25, 0.3) is 5.56 Å². The van der Waals surface area contributed by atoms with Crippen LogP contribution in [0.4, 0.5) is 11.5 Å². The topological polar surface area (TPSA) is 113 Å². The number of carbonyl (C=O) groups is 1. The first-order valence-corrected chi connectivity index (χ1v) is 10.9. The van der Waals surface area contributed by atoms with Gasteiger partial charge in [-0.15, -0.1) is 0 Å². The first-order chi connectivity index (χ1) is 15.0. The second kappa shape index (κ2) is 10.7. The van der Waals surface area contributed by atoms with Gasteiger partial charge in [-0.05, 0) is 44.6 Å². The number of nitrogens with zero attached hydrogens (tertiary/aromatic N) is 2. The van der Waals surface area contributed by atoms with Gasteiger partial charge >= 0.3 is 5.69 Å². The Morgan fingerprint density at radius 1 is 1.23 bits per heavy atom. The number of hydrogen-bond donors (Lipinski definition) is 3. The van der Waals surface area contributed by atoms with Crippen molar-refractivity contribution in [3.63, 3.8) is 0 Å². The van der Waals surface area contributed by atoms with Crippen LogP contribution in [0.15, 0.2) is 51.6 Å². The Morgan fingerprint density at radius 2 is 2.00 bits per heavy atom. The van der Waals surface area contributed by atoms with Crippen LogP contribution in [0.5, 0.6) is 0 Å². The van der Waals surface area contributed by atoms with Crippen molar-refractivity contribution in [3.05, 3.63) is 68.4 Å². The minimum Gasteiger partial charge on any atom is -0.383 e. The first kappa shape index (κ1) is 22.4. The third kappa shape index (κ3) is 5.87. The van der Waals surface area contributed by atoms with Gasteiger partial charge in [0, 0.05) is 13.1 Å². The molecule has 1 aromatic carbocycles. The fraction of sp³-hybridized carbons (Fsp3) is 0.435. The third-order valence-corrected chi connectivity index (χ3v) is 5.58. The molecule has 1 amide bonds. The van der Waals surface area contributed by atoms with Crippen LogP contribution in [0.1, 0.15) is 44.6 Å². The molecule has 0 bridgehead atoms. The molecule has 1 aromatic heterocycles. The highest BCUT2D eigenvalue weighted by Crippen LogP contribution is 2.20. The van der Waals surface area contributed by atoms with Gasteiger partial charge in [0.15, 0.2) is 0 Å². The number of amides is 1. The number of nitrogens with one attached hydrogen (secondary N) is 2. The molecule has 166 valence electrons. The Kier molecular flexibility index (Phi) is 7.70. The summed E-state index contributed by atoms with van der Waals surface area (Å²) in [6.07, 6.45) is 7.79. The zero-order chi connectivity index (χ0) is 22.2. The van der Waals surface area contributed by atoms with Crippen LogP contribution in [0, 0.1) is 0 Å². The van der Waals surface area contributed by atoms with Crippen molar-refractivity contribution < 1.29 is 4.79 Å². The van der Waals surface area contributed by atoms with Gasteiger partial charge < -0.3 is 16.0 Å². The van der Waals surface area contributed by atoms with Gasteiger partial charge in [0.05, 0.1) is 13.1 Å². The van der Waals surface area contributed by atoms with E-state index in [1.165, 1.54) is 23.0 Å². The minimum atomic E-state index is -0.589. The Balaban J connectivity index is 1.72. The Labute approximate surface area is 181 Å². The molecule has 3 rings (SSSR count). The summed E-state index contributed by atoms with van der Waals surface area (Å²) in [6, 6.07) is 9.38. The van der Waals surface area contributed by atoms with Gasteiger partial charge in [-0.2, -0.15) is 0 Å². The monoisotopic (exact) mass is 425 g/mol. The molecule has 2 aromatic rings. The van der Waals surface area contributed by atoms with E-state index in [9.17, 15) is 14.4 Å². The number of H-pyrrole nitrogens is 1. The number of rotatable bonds is 9. The molecule has 1 heterocycles. The number of aromatic nitrogens is 2. The molecule has 0 spiro atoms. The summed E-state index contributed by atoms with van der Waals surface area (Å²) >= 11 is 0. The van der Waals surface area contributed by atoms with Gasteiger partial charge in [0.2, 0.25) is 5.91 Å². The summed E-state index contributed by atoms with van der Waals surface area (Å²) in [5.74, 6) is -0.127. The Hall–Kier alpha value is -3.29. The third-order valence-electron chi connectivity index (χ3n) is 5.58. The lowest BCUT2D eigenvalue weighted by molar-refractivity contribution is -0.119. The Bertz CT molecular complexity index is 1040. The second-order valence-electron chi connectivity index (χ2n) is 7.79. The van der Waals surface area contributed by atoms with Crippen LogP contribution in [-0.4, -0.2) is 35.1 Å². The average Bonchev–Trinajstić information content (AvgIpc) is 2.77. The maximum absolute atomic E-state index is 12.5. The first-order valence-electron chi connectivity index (χ1n) is 10.9. The van der Waals surface area contributed by atoms with Crippen LogP contribution in [-0.2, 0) is 11.3 Å². The molecule has 4 N–H and O–H groups in total. The van der Waals surface area contributed by atoms with Crippen LogP contribution in [0.25, 0.3) is 0 Å². The molecule has 0 fully saturated rings. The maximum Gasteiger partial charge on any atom is 0.330 e. The molecule has 1 aliphatic rings. The molecule has 0 radical (unpaired) electrons. The molecule has 0 atom stereocenters. The van der Waals surface area contributed by atoms with Crippen molar-refractivity contribution >= 4 is 17.4 Å². The summed E-state index contributed by atoms with van der Waals surface area (Å²) in [7, 11) is 0. The summed E-state index contributed by atoms with van der Waals surface area (Å²) in [5.41, 5.74) is 7.50. The predicted octanol–water partition coefficient (Wildman–Crippen LogP) is 2.00. The zero-order valence-corrected chi connectivity index (χ0v) is 18.0. The van der Waals surface area contributed by atoms with E-state index in [1.807, 2.05) is 37.3 Å². The van der Waals surface area contributed by atoms with Gasteiger partial charge in [-0.1, -0.05) is 42.0 Å². The lowest BCUT2D eigenvalue weighted by Crippen LogP contribution is -2.43. The number of allylic oxidation sites excluding steroid dienone is 1. The van der Waals surface area contributed by atoms with Crippen LogP contribution < -0.4 is 27.2 Å². The van der Waals surface area contributed by atoms with E-state index in [-0.39, 0.29) is 30.5 Å². The van der Waals surface area contributed by atoms with Crippen LogP contribution in [0.2, 0.25) is 0 Å². The van der Waals surface area contributed by atoms with Crippen LogP contribution >= 0.6 is 0 Å². The molecule has 0 unspecified atom stereocenters. The SMILES string of the molecule is CCN(CC(=O)NCCC1=CCCCC1)c1c(N)n(Cc2ccccc2)c(=O)[nH]c1=O. The predicted molar refractivity (Wildman–Crippen MR) is 123 cm³/mol. The van der Waals surface area contributed by atoms with Gasteiger partial charge in [-0.3, -0.25) is 19.1 Å². The van der Waals surface area contributed by atoms with Crippen LogP contribution in [0.3, 0.4) is 0 Å². The quantitative estimate of drug-likeness (QED) is 0.532. The number of likely N-dealkylation sites (N-methyl/N-ethyl adjacent to an activating group) is 1. The van der Waals surface area contributed by atoms with Crippen molar-refractivity contribution in [2.24, 2.45) is 0 Å². The molecule has 0 aliphatic heterocycles. The fourth-order valence-corrected chi connectivity index (χ4v) is 3.88. The number of carbonyl (C=O) groups excluding carboxylic acids is 1. The van der Waals surface area contributed by atoms with Gasteiger partial charge in [-0.25, -0.2) is 4.79 Å². The summed E-state index contributed by atoms with van der Waals surface area (Å²) in [4.78, 5) is 41.3. The number of anilines is 2. The highest BCUT2D eigenvalue weighted by Gasteiger charge is 2.20. The smallest absolute Gasteiger partial charge is 0.330 e. The molecule has 8 heteroatoms.